The molecule has 1 aliphatic carbocycles. The third-order valence-corrected chi connectivity index (χ3v) is 3.58. The Balaban J connectivity index is 1.72. The van der Waals surface area contributed by atoms with Crippen LogP contribution in [0.2, 0.25) is 0 Å². The third kappa shape index (κ3) is 2.23. The molecule has 1 amide bonds. The summed E-state index contributed by atoms with van der Waals surface area (Å²) >= 11 is 0. The first kappa shape index (κ1) is 11.9. The van der Waals surface area contributed by atoms with E-state index in [-0.39, 0.29) is 11.9 Å². The molecule has 0 spiro atoms. The second kappa shape index (κ2) is 4.83. The van der Waals surface area contributed by atoms with Crippen molar-refractivity contribution in [2.24, 2.45) is 0 Å². The molecule has 19 heavy (non-hydrogen) atoms. The van der Waals surface area contributed by atoms with Gasteiger partial charge in [0.25, 0.3) is 5.91 Å². The molecular weight excluding hydrogens is 244 g/mol. The summed E-state index contributed by atoms with van der Waals surface area (Å²) < 4.78 is 2.06. The summed E-state index contributed by atoms with van der Waals surface area (Å²) in [5.74, 6) is 0.379. The highest BCUT2D eigenvalue weighted by atomic mass is 16.2. The molecule has 3 rings (SSSR count). The highest BCUT2D eigenvalue weighted by Crippen LogP contribution is 2.32. The zero-order valence-corrected chi connectivity index (χ0v) is 10.7. The molecular formula is C12H16N6O. The molecule has 1 saturated carbocycles. The Morgan fingerprint density at radius 2 is 2.42 bits per heavy atom. The van der Waals surface area contributed by atoms with Crippen molar-refractivity contribution < 1.29 is 4.79 Å². The number of nitrogens with one attached hydrogen (secondary N) is 2. The van der Waals surface area contributed by atoms with Gasteiger partial charge < -0.3 is 9.88 Å². The summed E-state index contributed by atoms with van der Waals surface area (Å²) in [6.45, 7) is 1.83. The largest absolute Gasteiger partial charge is 0.341 e. The minimum atomic E-state index is -0.268. The SMILES string of the molecule is CC(NC(=O)c1cccn1C1CCC1)c1nn[nH]n1. The normalized spacial score (nSPS) is 16.9. The van der Waals surface area contributed by atoms with Crippen molar-refractivity contribution in [2.45, 2.75) is 38.3 Å². The van der Waals surface area contributed by atoms with Gasteiger partial charge in [0.2, 0.25) is 0 Å². The lowest BCUT2D eigenvalue weighted by Crippen LogP contribution is -2.31. The van der Waals surface area contributed by atoms with Gasteiger partial charge >= 0.3 is 0 Å². The van der Waals surface area contributed by atoms with E-state index < -0.39 is 0 Å². The first-order valence-corrected chi connectivity index (χ1v) is 6.47. The van der Waals surface area contributed by atoms with E-state index in [1.54, 1.807) is 0 Å². The van der Waals surface area contributed by atoms with Gasteiger partial charge in [-0.05, 0) is 38.3 Å². The molecule has 2 aromatic heterocycles. The number of hydrogen-bond donors (Lipinski definition) is 2. The summed E-state index contributed by atoms with van der Waals surface area (Å²) in [6, 6.07) is 3.95. The van der Waals surface area contributed by atoms with Crippen LogP contribution in [-0.4, -0.2) is 31.1 Å². The Kier molecular flexibility index (Phi) is 3.02. The van der Waals surface area contributed by atoms with Gasteiger partial charge in [-0.15, -0.1) is 10.2 Å². The molecule has 2 heterocycles. The van der Waals surface area contributed by atoms with Crippen LogP contribution in [-0.2, 0) is 0 Å². The fourth-order valence-corrected chi connectivity index (χ4v) is 2.26. The number of rotatable bonds is 4. The van der Waals surface area contributed by atoms with Gasteiger partial charge in [-0.3, -0.25) is 4.79 Å². The molecule has 1 aliphatic rings. The van der Waals surface area contributed by atoms with Gasteiger partial charge in [0.05, 0.1) is 6.04 Å². The smallest absolute Gasteiger partial charge is 0.268 e. The van der Waals surface area contributed by atoms with E-state index in [1.807, 2.05) is 25.3 Å². The second-order valence-corrected chi connectivity index (χ2v) is 4.85. The van der Waals surface area contributed by atoms with E-state index in [4.69, 9.17) is 0 Å². The van der Waals surface area contributed by atoms with Crippen LogP contribution < -0.4 is 5.32 Å². The highest BCUT2D eigenvalue weighted by molar-refractivity contribution is 5.93. The number of amides is 1. The molecule has 7 heteroatoms. The number of hydrogen-bond acceptors (Lipinski definition) is 4. The van der Waals surface area contributed by atoms with Crippen LogP contribution in [0.1, 0.15) is 54.6 Å². The van der Waals surface area contributed by atoms with Crippen LogP contribution in [0.25, 0.3) is 0 Å². The molecule has 0 saturated heterocycles. The fourth-order valence-electron chi connectivity index (χ4n) is 2.26. The Morgan fingerprint density at radius 1 is 1.58 bits per heavy atom. The molecule has 1 unspecified atom stereocenters. The van der Waals surface area contributed by atoms with Crippen molar-refractivity contribution in [3.05, 3.63) is 29.8 Å². The van der Waals surface area contributed by atoms with E-state index in [0.29, 0.717) is 17.6 Å². The average Bonchev–Trinajstić information content (AvgIpc) is 2.97. The summed E-state index contributed by atoms with van der Waals surface area (Å²) in [6.07, 6.45) is 5.51. The van der Waals surface area contributed by atoms with Crippen molar-refractivity contribution in [3.8, 4) is 0 Å². The predicted molar refractivity (Wildman–Crippen MR) is 67.4 cm³/mol. The number of nitrogens with zero attached hydrogens (tertiary/aromatic N) is 4. The number of H-pyrrole nitrogens is 1. The van der Waals surface area contributed by atoms with Gasteiger partial charge in [-0.1, -0.05) is 5.21 Å². The van der Waals surface area contributed by atoms with Crippen molar-refractivity contribution in [2.75, 3.05) is 0 Å². The molecule has 7 nitrogen and oxygen atoms in total. The van der Waals surface area contributed by atoms with Gasteiger partial charge in [-0.25, -0.2) is 0 Å². The lowest BCUT2D eigenvalue weighted by Gasteiger charge is -2.28. The van der Waals surface area contributed by atoms with E-state index >= 15 is 0 Å². The summed E-state index contributed by atoms with van der Waals surface area (Å²) in [5.41, 5.74) is 0.694. The van der Waals surface area contributed by atoms with Crippen LogP contribution in [0.5, 0.6) is 0 Å². The summed E-state index contributed by atoms with van der Waals surface area (Å²) in [4.78, 5) is 12.3. The van der Waals surface area contributed by atoms with E-state index in [1.165, 1.54) is 6.42 Å². The highest BCUT2D eigenvalue weighted by Gasteiger charge is 2.24. The minimum absolute atomic E-state index is 0.103. The molecule has 100 valence electrons. The number of aromatic nitrogens is 5. The van der Waals surface area contributed by atoms with E-state index in [0.717, 1.165) is 12.8 Å². The fraction of sp³-hybridized carbons (Fsp3) is 0.500. The van der Waals surface area contributed by atoms with Crippen LogP contribution in [0, 0.1) is 0 Å². The standard InChI is InChI=1S/C12H16N6O/c1-8(11-14-16-17-15-11)13-12(19)10-6-3-7-18(10)9-4-2-5-9/h3,6-9H,2,4-5H2,1H3,(H,13,19)(H,14,15,16,17). The van der Waals surface area contributed by atoms with Gasteiger partial charge in [0.1, 0.15) is 5.69 Å². The molecule has 1 atom stereocenters. The molecule has 2 aromatic rings. The van der Waals surface area contributed by atoms with E-state index in [9.17, 15) is 4.79 Å². The number of carbonyl (C=O) groups excluding carboxylic acids is 1. The monoisotopic (exact) mass is 260 g/mol. The second-order valence-electron chi connectivity index (χ2n) is 4.85. The van der Waals surface area contributed by atoms with Crippen molar-refractivity contribution >= 4 is 5.91 Å². The van der Waals surface area contributed by atoms with Crippen LogP contribution in [0.15, 0.2) is 18.3 Å². The molecule has 0 bridgehead atoms. The molecule has 0 radical (unpaired) electrons. The Bertz CT molecular complexity index is 557. The predicted octanol–water partition coefficient (Wildman–Crippen LogP) is 1.22. The maximum Gasteiger partial charge on any atom is 0.268 e. The molecule has 2 N–H and O–H groups in total. The van der Waals surface area contributed by atoms with E-state index in [2.05, 4.69) is 30.5 Å². The third-order valence-electron chi connectivity index (χ3n) is 3.58. The topological polar surface area (TPSA) is 88.5 Å². The maximum atomic E-state index is 12.3. The van der Waals surface area contributed by atoms with Crippen molar-refractivity contribution in [1.82, 2.24) is 30.5 Å². The van der Waals surface area contributed by atoms with Gasteiger partial charge in [0.15, 0.2) is 5.82 Å². The van der Waals surface area contributed by atoms with Gasteiger partial charge in [-0.2, -0.15) is 5.21 Å². The van der Waals surface area contributed by atoms with Crippen molar-refractivity contribution in [1.29, 1.82) is 0 Å². The zero-order chi connectivity index (χ0) is 13.2. The minimum Gasteiger partial charge on any atom is -0.341 e. The quantitative estimate of drug-likeness (QED) is 0.865. The number of aromatic amines is 1. The maximum absolute atomic E-state index is 12.3. The molecule has 0 aromatic carbocycles. The number of carbonyl (C=O) groups is 1. The average molecular weight is 260 g/mol. The summed E-state index contributed by atoms with van der Waals surface area (Å²) in [7, 11) is 0. The first-order chi connectivity index (χ1) is 9.25. The lowest BCUT2D eigenvalue weighted by atomic mass is 9.93. The van der Waals surface area contributed by atoms with Crippen LogP contribution >= 0.6 is 0 Å². The first-order valence-electron chi connectivity index (χ1n) is 6.47. The van der Waals surface area contributed by atoms with Gasteiger partial charge in [0, 0.05) is 12.2 Å². The Labute approximate surface area is 110 Å². The van der Waals surface area contributed by atoms with Crippen LogP contribution in [0.3, 0.4) is 0 Å². The Hall–Kier alpha value is -2.18. The zero-order valence-electron chi connectivity index (χ0n) is 10.7. The van der Waals surface area contributed by atoms with Crippen LogP contribution in [0.4, 0.5) is 0 Å². The number of tetrazole rings is 1. The molecule has 1 fully saturated rings. The molecule has 0 aliphatic heterocycles. The Morgan fingerprint density at radius 3 is 3.05 bits per heavy atom. The van der Waals surface area contributed by atoms with Crippen molar-refractivity contribution in [3.63, 3.8) is 0 Å². The summed E-state index contributed by atoms with van der Waals surface area (Å²) in [5, 5.41) is 16.5. The lowest BCUT2D eigenvalue weighted by molar-refractivity contribution is 0.0923.